The van der Waals surface area contributed by atoms with Crippen molar-refractivity contribution in [3.8, 4) is 0 Å². The third kappa shape index (κ3) is 3.77. The third-order valence-corrected chi connectivity index (χ3v) is 5.33. The number of fused-ring (bicyclic) bond motifs is 3. The molecule has 4 rings (SSSR count). The van der Waals surface area contributed by atoms with Crippen LogP contribution in [0.25, 0.3) is 10.9 Å². The summed E-state index contributed by atoms with van der Waals surface area (Å²) >= 11 is 0. The van der Waals surface area contributed by atoms with Crippen LogP contribution in [0.1, 0.15) is 23.3 Å². The Morgan fingerprint density at radius 3 is 2.48 bits per heavy atom. The number of halogens is 2. The Labute approximate surface area is 160 Å². The number of aromatic nitrogens is 2. The fraction of sp³-hybridized carbons (Fsp3) is 0.529. The maximum atomic E-state index is 12.6. The lowest BCUT2D eigenvalue weighted by Crippen LogP contribution is -2.63. The number of H-pyrrole nitrogens is 1. The summed E-state index contributed by atoms with van der Waals surface area (Å²) in [5.74, 6) is -0.0663. The van der Waals surface area contributed by atoms with Crippen LogP contribution in [-0.4, -0.2) is 71.2 Å². The van der Waals surface area contributed by atoms with Crippen molar-refractivity contribution in [1.82, 2.24) is 25.3 Å². The standard InChI is InChI=1S/C17H23N5O.2ClH/c1-21-9-12-7-11(8-13(10-21)22(12)2)18-17(23)16-14-5-3-4-6-15(14)19-20-16;;/h3-6,11-13H,7-10H2,1-2H3,(H,18,23)(H,19,20);2*1H/t12-,13-;;/m0../s1. The lowest BCUT2D eigenvalue weighted by atomic mass is 9.88. The minimum atomic E-state index is -0.0663. The molecule has 1 aromatic carbocycles. The number of carbonyl (C=O) groups is 1. The number of carbonyl (C=O) groups excluding carboxylic acids is 1. The SMILES string of the molecule is CN1C[C@@H]2CC(NC(=O)c3n[nH]c4ccccc34)C[C@@H](C1)N2C.Cl.Cl. The molecule has 2 saturated heterocycles. The number of likely N-dealkylation sites (tertiary alicyclic amines) is 1. The number of hydrogen-bond donors (Lipinski definition) is 2. The average molecular weight is 386 g/mol. The Balaban J connectivity index is 0.00000113. The van der Waals surface area contributed by atoms with E-state index in [2.05, 4.69) is 39.4 Å². The summed E-state index contributed by atoms with van der Waals surface area (Å²) in [4.78, 5) is 17.5. The van der Waals surface area contributed by atoms with E-state index in [1.54, 1.807) is 0 Å². The molecule has 2 aliphatic heterocycles. The number of piperidine rings is 1. The molecule has 6 nitrogen and oxygen atoms in total. The zero-order chi connectivity index (χ0) is 16.0. The van der Waals surface area contributed by atoms with Crippen molar-refractivity contribution < 1.29 is 4.79 Å². The van der Waals surface area contributed by atoms with E-state index in [9.17, 15) is 4.79 Å². The average Bonchev–Trinajstić information content (AvgIpc) is 2.93. The molecule has 2 aromatic rings. The molecule has 0 spiro atoms. The molecule has 1 amide bonds. The topological polar surface area (TPSA) is 64.3 Å². The van der Waals surface area contributed by atoms with Gasteiger partial charge in [0.2, 0.25) is 0 Å². The summed E-state index contributed by atoms with van der Waals surface area (Å²) in [5.41, 5.74) is 1.40. The molecular formula is C17H25Cl2N5O. The van der Waals surface area contributed by atoms with Gasteiger partial charge in [0.15, 0.2) is 5.69 Å². The van der Waals surface area contributed by atoms with Crippen LogP contribution in [0, 0.1) is 0 Å². The van der Waals surface area contributed by atoms with Gasteiger partial charge < -0.3 is 10.2 Å². The Kier molecular flexibility index (Phi) is 6.32. The predicted octanol–water partition coefficient (Wildman–Crippen LogP) is 1.91. The molecular weight excluding hydrogens is 361 g/mol. The van der Waals surface area contributed by atoms with E-state index in [0.29, 0.717) is 17.8 Å². The zero-order valence-electron chi connectivity index (χ0n) is 14.4. The van der Waals surface area contributed by atoms with Crippen molar-refractivity contribution in [2.24, 2.45) is 0 Å². The number of nitrogens with one attached hydrogen (secondary N) is 2. The van der Waals surface area contributed by atoms with Crippen LogP contribution in [0.15, 0.2) is 24.3 Å². The highest BCUT2D eigenvalue weighted by molar-refractivity contribution is 6.04. The van der Waals surface area contributed by atoms with Gasteiger partial charge in [0.1, 0.15) is 0 Å². The van der Waals surface area contributed by atoms with Gasteiger partial charge >= 0.3 is 0 Å². The molecule has 0 unspecified atom stereocenters. The summed E-state index contributed by atoms with van der Waals surface area (Å²) in [6, 6.07) is 9.03. The van der Waals surface area contributed by atoms with Crippen molar-refractivity contribution in [3.05, 3.63) is 30.0 Å². The lowest BCUT2D eigenvalue weighted by Gasteiger charge is -2.50. The van der Waals surface area contributed by atoms with E-state index in [1.165, 1.54) is 0 Å². The summed E-state index contributed by atoms with van der Waals surface area (Å²) < 4.78 is 0. The number of aromatic amines is 1. The second-order valence-corrected chi connectivity index (χ2v) is 6.95. The number of rotatable bonds is 2. The smallest absolute Gasteiger partial charge is 0.272 e. The highest BCUT2D eigenvalue weighted by atomic mass is 35.5. The minimum Gasteiger partial charge on any atom is -0.348 e. The van der Waals surface area contributed by atoms with Crippen molar-refractivity contribution in [2.75, 3.05) is 27.2 Å². The molecule has 25 heavy (non-hydrogen) atoms. The zero-order valence-corrected chi connectivity index (χ0v) is 16.1. The van der Waals surface area contributed by atoms with E-state index >= 15 is 0 Å². The third-order valence-electron chi connectivity index (χ3n) is 5.33. The molecule has 2 N–H and O–H groups in total. The first-order valence-corrected chi connectivity index (χ1v) is 8.26. The number of amides is 1. The van der Waals surface area contributed by atoms with Crippen LogP contribution >= 0.6 is 24.8 Å². The van der Waals surface area contributed by atoms with E-state index in [-0.39, 0.29) is 36.8 Å². The van der Waals surface area contributed by atoms with Crippen molar-refractivity contribution in [1.29, 1.82) is 0 Å². The first-order chi connectivity index (χ1) is 11.1. The molecule has 0 saturated carbocycles. The normalized spacial score (nSPS) is 26.6. The molecule has 2 aliphatic rings. The highest BCUT2D eigenvalue weighted by Crippen LogP contribution is 2.27. The van der Waals surface area contributed by atoms with Gasteiger partial charge in [-0.2, -0.15) is 5.10 Å². The molecule has 1 aromatic heterocycles. The van der Waals surface area contributed by atoms with Crippen LogP contribution in [0.2, 0.25) is 0 Å². The molecule has 0 radical (unpaired) electrons. The molecule has 0 aliphatic carbocycles. The maximum absolute atomic E-state index is 12.6. The minimum absolute atomic E-state index is 0. The quantitative estimate of drug-likeness (QED) is 0.828. The first kappa shape index (κ1) is 20.0. The van der Waals surface area contributed by atoms with Crippen molar-refractivity contribution in [3.63, 3.8) is 0 Å². The van der Waals surface area contributed by atoms with Gasteiger partial charge in [-0.25, -0.2) is 0 Å². The fourth-order valence-electron chi connectivity index (χ4n) is 4.09. The Morgan fingerprint density at radius 1 is 1.16 bits per heavy atom. The second kappa shape index (κ2) is 7.91. The van der Waals surface area contributed by atoms with Gasteiger partial charge in [-0.05, 0) is 33.0 Å². The monoisotopic (exact) mass is 385 g/mol. The Morgan fingerprint density at radius 2 is 1.80 bits per heavy atom. The van der Waals surface area contributed by atoms with Crippen molar-refractivity contribution >= 4 is 41.6 Å². The summed E-state index contributed by atoms with van der Waals surface area (Å²) in [6.45, 7) is 2.15. The highest BCUT2D eigenvalue weighted by Gasteiger charge is 2.38. The predicted molar refractivity (Wildman–Crippen MR) is 104 cm³/mol. The van der Waals surface area contributed by atoms with Crippen molar-refractivity contribution in [2.45, 2.75) is 31.0 Å². The van der Waals surface area contributed by atoms with Gasteiger partial charge in [0.05, 0.1) is 5.52 Å². The molecule has 2 atom stereocenters. The number of hydrogen-bond acceptors (Lipinski definition) is 4. The van der Waals surface area contributed by atoms with Gasteiger partial charge in [0.25, 0.3) is 5.91 Å². The number of piperazine rings is 1. The number of likely N-dealkylation sites (N-methyl/N-ethyl adjacent to an activating group) is 2. The number of nitrogens with zero attached hydrogens (tertiary/aromatic N) is 3. The summed E-state index contributed by atoms with van der Waals surface area (Å²) in [5, 5.41) is 11.2. The number of para-hydroxylation sites is 1. The maximum Gasteiger partial charge on any atom is 0.272 e. The first-order valence-electron chi connectivity index (χ1n) is 8.26. The number of benzene rings is 1. The molecule has 2 fully saturated rings. The second-order valence-electron chi connectivity index (χ2n) is 6.95. The van der Waals surface area contributed by atoms with Crippen LogP contribution in [-0.2, 0) is 0 Å². The van der Waals surface area contributed by atoms with E-state index in [1.807, 2.05) is 24.3 Å². The van der Waals surface area contributed by atoms with E-state index in [4.69, 9.17) is 0 Å². The fourth-order valence-corrected chi connectivity index (χ4v) is 4.09. The van der Waals surface area contributed by atoms with Gasteiger partial charge in [-0.1, -0.05) is 18.2 Å². The van der Waals surface area contributed by atoms with Gasteiger partial charge in [0, 0.05) is 36.6 Å². The van der Waals surface area contributed by atoms with Crippen LogP contribution in [0.4, 0.5) is 0 Å². The van der Waals surface area contributed by atoms with E-state index < -0.39 is 0 Å². The summed E-state index contributed by atoms with van der Waals surface area (Å²) in [7, 11) is 4.39. The summed E-state index contributed by atoms with van der Waals surface area (Å²) in [6.07, 6.45) is 2.01. The van der Waals surface area contributed by atoms with Gasteiger partial charge in [-0.3, -0.25) is 14.8 Å². The molecule has 3 heterocycles. The molecule has 138 valence electrons. The van der Waals surface area contributed by atoms with Gasteiger partial charge in [-0.15, -0.1) is 24.8 Å². The molecule has 8 heteroatoms. The van der Waals surface area contributed by atoms with E-state index in [0.717, 1.165) is 36.8 Å². The van der Waals surface area contributed by atoms with Crippen LogP contribution < -0.4 is 5.32 Å². The molecule has 2 bridgehead atoms. The van der Waals surface area contributed by atoms with Crippen LogP contribution in [0.5, 0.6) is 0 Å². The Hall–Kier alpha value is -1.34. The Bertz CT molecular complexity index is 721. The van der Waals surface area contributed by atoms with Crippen LogP contribution in [0.3, 0.4) is 0 Å². The lowest BCUT2D eigenvalue weighted by molar-refractivity contribution is 0.00838. The largest absolute Gasteiger partial charge is 0.348 e.